The van der Waals surface area contributed by atoms with Gasteiger partial charge in [0.2, 0.25) is 0 Å². The summed E-state index contributed by atoms with van der Waals surface area (Å²) in [5.41, 5.74) is 7.10. The number of likely N-dealkylation sites (N-methyl/N-ethyl adjacent to an activating group) is 1. The van der Waals surface area contributed by atoms with Gasteiger partial charge in [-0.1, -0.05) is 26.3 Å². The van der Waals surface area contributed by atoms with Crippen molar-refractivity contribution in [3.63, 3.8) is 0 Å². The number of methoxy groups -OCH3 is 1. The van der Waals surface area contributed by atoms with E-state index in [1.54, 1.807) is 7.11 Å². The molecule has 0 heterocycles. The maximum atomic E-state index is 5.94. The molecular weight excluding hydrogens is 224 g/mol. The molecule has 3 heteroatoms. The average Bonchev–Trinajstić information content (AvgIpc) is 2.40. The second-order valence-electron chi connectivity index (χ2n) is 4.88. The van der Waals surface area contributed by atoms with Crippen molar-refractivity contribution in [3.05, 3.63) is 24.3 Å². The summed E-state index contributed by atoms with van der Waals surface area (Å²) in [6, 6.07) is 8.51. The van der Waals surface area contributed by atoms with Crippen LogP contribution in [0.1, 0.15) is 26.7 Å². The highest BCUT2D eigenvalue weighted by Crippen LogP contribution is 2.24. The highest BCUT2D eigenvalue weighted by Gasteiger charge is 2.20. The third-order valence-electron chi connectivity index (χ3n) is 3.60. The van der Waals surface area contributed by atoms with Gasteiger partial charge in [-0.2, -0.15) is 0 Å². The number of nitrogens with zero attached hydrogens (tertiary/aromatic N) is 1. The predicted octanol–water partition coefficient (Wildman–Crippen LogP) is 2.89. The van der Waals surface area contributed by atoms with Crippen LogP contribution in [0.3, 0.4) is 0 Å². The van der Waals surface area contributed by atoms with E-state index < -0.39 is 0 Å². The molecule has 1 aromatic rings. The Morgan fingerprint density at radius 3 is 2.67 bits per heavy atom. The normalized spacial score (nSPS) is 14.1. The second kappa shape index (κ2) is 7.27. The smallest absolute Gasteiger partial charge is 0.120 e. The number of ether oxygens (including phenoxy) is 1. The van der Waals surface area contributed by atoms with Gasteiger partial charge in [-0.3, -0.25) is 0 Å². The number of hydrogen-bond donors (Lipinski definition) is 1. The first-order chi connectivity index (χ1) is 8.63. The lowest BCUT2D eigenvalue weighted by Gasteiger charge is -2.33. The van der Waals surface area contributed by atoms with Crippen LogP contribution in [0.15, 0.2) is 24.3 Å². The van der Waals surface area contributed by atoms with Crippen LogP contribution < -0.4 is 15.4 Å². The molecule has 0 spiro atoms. The number of rotatable bonds is 7. The van der Waals surface area contributed by atoms with Crippen LogP contribution in [0.2, 0.25) is 0 Å². The summed E-state index contributed by atoms with van der Waals surface area (Å²) >= 11 is 0. The summed E-state index contributed by atoms with van der Waals surface area (Å²) in [6.45, 7) is 5.17. The number of nitrogens with two attached hydrogens (primary N) is 1. The van der Waals surface area contributed by atoms with Crippen molar-refractivity contribution in [2.45, 2.75) is 32.7 Å². The number of benzene rings is 1. The van der Waals surface area contributed by atoms with Gasteiger partial charge in [-0.25, -0.2) is 0 Å². The minimum atomic E-state index is 0.372. The quantitative estimate of drug-likeness (QED) is 0.808. The van der Waals surface area contributed by atoms with E-state index >= 15 is 0 Å². The Kier molecular flexibility index (Phi) is 5.99. The van der Waals surface area contributed by atoms with Crippen LogP contribution in [-0.2, 0) is 0 Å². The van der Waals surface area contributed by atoms with Crippen molar-refractivity contribution < 1.29 is 4.74 Å². The molecule has 2 N–H and O–H groups in total. The van der Waals surface area contributed by atoms with Crippen molar-refractivity contribution in [2.75, 3.05) is 25.6 Å². The number of hydrogen-bond acceptors (Lipinski definition) is 3. The molecule has 3 nitrogen and oxygen atoms in total. The lowest BCUT2D eigenvalue weighted by atomic mass is 9.95. The molecule has 0 saturated carbocycles. The molecule has 1 rings (SSSR count). The topological polar surface area (TPSA) is 38.5 Å². The molecule has 0 aliphatic rings. The van der Waals surface area contributed by atoms with Gasteiger partial charge < -0.3 is 15.4 Å². The van der Waals surface area contributed by atoms with E-state index in [0.29, 0.717) is 18.5 Å². The van der Waals surface area contributed by atoms with Gasteiger partial charge in [0.05, 0.1) is 7.11 Å². The zero-order valence-electron chi connectivity index (χ0n) is 12.0. The monoisotopic (exact) mass is 250 g/mol. The zero-order chi connectivity index (χ0) is 13.5. The van der Waals surface area contributed by atoms with E-state index in [2.05, 4.69) is 37.9 Å². The molecule has 102 valence electrons. The standard InChI is InChI=1S/C15H26N2O/c1-5-7-12(2)15(11-16)17(3)13-8-6-9-14(10-13)18-4/h6,8-10,12,15H,5,7,11,16H2,1-4H3. The molecule has 0 bridgehead atoms. The highest BCUT2D eigenvalue weighted by molar-refractivity contribution is 5.51. The summed E-state index contributed by atoms with van der Waals surface area (Å²) in [4.78, 5) is 2.27. The van der Waals surface area contributed by atoms with Gasteiger partial charge >= 0.3 is 0 Å². The van der Waals surface area contributed by atoms with E-state index in [1.807, 2.05) is 12.1 Å². The van der Waals surface area contributed by atoms with Crippen LogP contribution in [-0.4, -0.2) is 26.7 Å². The fourth-order valence-electron chi connectivity index (χ4n) is 2.44. The Bertz CT molecular complexity index is 354. The van der Waals surface area contributed by atoms with Gasteiger partial charge in [-0.05, 0) is 24.5 Å². The van der Waals surface area contributed by atoms with Crippen LogP contribution >= 0.6 is 0 Å². The lowest BCUT2D eigenvalue weighted by Crippen LogP contribution is -2.42. The predicted molar refractivity (Wildman–Crippen MR) is 78.3 cm³/mol. The van der Waals surface area contributed by atoms with Crippen molar-refractivity contribution in [1.29, 1.82) is 0 Å². The van der Waals surface area contributed by atoms with E-state index in [4.69, 9.17) is 10.5 Å². The molecule has 1 aromatic carbocycles. The van der Waals surface area contributed by atoms with Crippen LogP contribution in [0.4, 0.5) is 5.69 Å². The molecule has 0 saturated heterocycles. The van der Waals surface area contributed by atoms with E-state index in [0.717, 1.165) is 11.4 Å². The third kappa shape index (κ3) is 3.64. The van der Waals surface area contributed by atoms with Crippen molar-refractivity contribution in [1.82, 2.24) is 0 Å². The van der Waals surface area contributed by atoms with Crippen LogP contribution in [0.25, 0.3) is 0 Å². The fourth-order valence-corrected chi connectivity index (χ4v) is 2.44. The molecular formula is C15H26N2O. The lowest BCUT2D eigenvalue weighted by molar-refractivity contribution is 0.408. The summed E-state index contributed by atoms with van der Waals surface area (Å²) < 4.78 is 5.27. The van der Waals surface area contributed by atoms with Crippen molar-refractivity contribution >= 4 is 5.69 Å². The third-order valence-corrected chi connectivity index (χ3v) is 3.60. The van der Waals surface area contributed by atoms with Crippen LogP contribution in [0, 0.1) is 5.92 Å². The largest absolute Gasteiger partial charge is 0.497 e. The average molecular weight is 250 g/mol. The zero-order valence-corrected chi connectivity index (χ0v) is 12.0. The van der Waals surface area contributed by atoms with Gasteiger partial charge in [0.15, 0.2) is 0 Å². The fraction of sp³-hybridized carbons (Fsp3) is 0.600. The second-order valence-corrected chi connectivity index (χ2v) is 4.88. The Labute approximate surface area is 111 Å². The Balaban J connectivity index is 2.84. The van der Waals surface area contributed by atoms with E-state index in [-0.39, 0.29) is 0 Å². The maximum Gasteiger partial charge on any atom is 0.120 e. The maximum absolute atomic E-state index is 5.94. The minimum absolute atomic E-state index is 0.372. The Morgan fingerprint density at radius 2 is 2.11 bits per heavy atom. The molecule has 0 aliphatic carbocycles. The first-order valence-corrected chi connectivity index (χ1v) is 6.71. The molecule has 0 aliphatic heterocycles. The summed E-state index contributed by atoms with van der Waals surface area (Å²) in [6.07, 6.45) is 2.40. The molecule has 0 aromatic heterocycles. The molecule has 2 unspecified atom stereocenters. The molecule has 18 heavy (non-hydrogen) atoms. The van der Waals surface area contributed by atoms with Gasteiger partial charge in [0.1, 0.15) is 5.75 Å². The van der Waals surface area contributed by atoms with Crippen molar-refractivity contribution in [2.24, 2.45) is 11.7 Å². The van der Waals surface area contributed by atoms with Gasteiger partial charge in [-0.15, -0.1) is 0 Å². The van der Waals surface area contributed by atoms with Gasteiger partial charge in [0, 0.05) is 31.4 Å². The Hall–Kier alpha value is -1.22. The first kappa shape index (κ1) is 14.8. The van der Waals surface area contributed by atoms with Gasteiger partial charge in [0.25, 0.3) is 0 Å². The van der Waals surface area contributed by atoms with Crippen LogP contribution in [0.5, 0.6) is 5.75 Å². The summed E-state index contributed by atoms with van der Waals surface area (Å²) in [7, 11) is 3.80. The summed E-state index contributed by atoms with van der Waals surface area (Å²) in [5.74, 6) is 1.48. The number of anilines is 1. The van der Waals surface area contributed by atoms with E-state index in [1.165, 1.54) is 12.8 Å². The Morgan fingerprint density at radius 1 is 1.39 bits per heavy atom. The molecule has 0 amide bonds. The van der Waals surface area contributed by atoms with E-state index in [9.17, 15) is 0 Å². The molecule has 0 radical (unpaired) electrons. The van der Waals surface area contributed by atoms with Crippen molar-refractivity contribution in [3.8, 4) is 5.75 Å². The minimum Gasteiger partial charge on any atom is -0.497 e. The highest BCUT2D eigenvalue weighted by atomic mass is 16.5. The molecule has 2 atom stereocenters. The SMILES string of the molecule is CCCC(C)C(CN)N(C)c1cccc(OC)c1. The molecule has 0 fully saturated rings. The summed E-state index contributed by atoms with van der Waals surface area (Å²) in [5, 5.41) is 0. The first-order valence-electron chi connectivity index (χ1n) is 6.71.